The molecule has 2 N–H and O–H groups in total. The summed E-state index contributed by atoms with van der Waals surface area (Å²) in [6.45, 7) is 7.09. The van der Waals surface area contributed by atoms with E-state index in [1.807, 2.05) is 13.8 Å². The minimum absolute atomic E-state index is 0.133. The summed E-state index contributed by atoms with van der Waals surface area (Å²) in [5.41, 5.74) is -1.56. The van der Waals surface area contributed by atoms with Gasteiger partial charge in [0, 0.05) is 20.3 Å². The minimum atomic E-state index is -3.47. The predicted molar refractivity (Wildman–Crippen MR) is 79.1 cm³/mol. The zero-order valence-corrected chi connectivity index (χ0v) is 13.6. The number of hydrogen-bond acceptors (Lipinski definition) is 5. The largest absolute Gasteiger partial charge is 0.388 e. The zero-order chi connectivity index (χ0) is 15.8. The number of rotatable bonds is 5. The lowest BCUT2D eigenvalue weighted by atomic mass is 9.86. The maximum atomic E-state index is 11.9. The molecular weight excluding hydrogens is 278 g/mol. The van der Waals surface area contributed by atoms with E-state index < -0.39 is 21.2 Å². The fourth-order valence-electron chi connectivity index (χ4n) is 1.29. The molecule has 1 aromatic rings. The molecule has 114 valence electrons. The molecule has 6 nitrogen and oxygen atoms in total. The highest BCUT2D eigenvalue weighted by Gasteiger charge is 2.35. The van der Waals surface area contributed by atoms with Crippen LogP contribution in [-0.2, 0) is 10.0 Å². The molecule has 0 saturated carbocycles. The van der Waals surface area contributed by atoms with Crippen LogP contribution >= 0.6 is 0 Å². The molecule has 1 aromatic heterocycles. The molecule has 0 radical (unpaired) electrons. The van der Waals surface area contributed by atoms with Crippen molar-refractivity contribution in [1.29, 1.82) is 0 Å². The van der Waals surface area contributed by atoms with Crippen LogP contribution in [-0.4, -0.2) is 48.0 Å². The van der Waals surface area contributed by atoms with Crippen LogP contribution in [0.2, 0.25) is 0 Å². The number of aliphatic hydroxyl groups is 1. The van der Waals surface area contributed by atoms with Crippen LogP contribution < -0.4 is 5.32 Å². The summed E-state index contributed by atoms with van der Waals surface area (Å²) in [7, 11) is -0.530. The van der Waals surface area contributed by atoms with Gasteiger partial charge >= 0.3 is 0 Å². The Morgan fingerprint density at radius 1 is 1.20 bits per heavy atom. The maximum Gasteiger partial charge on any atom is 0.244 e. The number of nitrogens with zero attached hydrogens (tertiary/aromatic N) is 2. The van der Waals surface area contributed by atoms with E-state index in [0.717, 1.165) is 4.31 Å². The van der Waals surface area contributed by atoms with Gasteiger partial charge in [0.1, 0.15) is 10.7 Å². The molecule has 0 amide bonds. The SMILES string of the molecule is CN(C)S(=O)(=O)c1ccc(NC(C)(C)C(C)(C)O)nc1. The van der Waals surface area contributed by atoms with E-state index in [2.05, 4.69) is 10.3 Å². The fraction of sp³-hybridized carbons (Fsp3) is 0.615. The summed E-state index contributed by atoms with van der Waals surface area (Å²) in [6.07, 6.45) is 1.30. The van der Waals surface area contributed by atoms with Gasteiger partial charge in [0.25, 0.3) is 0 Å². The van der Waals surface area contributed by atoms with Gasteiger partial charge < -0.3 is 10.4 Å². The summed E-state index contributed by atoms with van der Waals surface area (Å²) in [5, 5.41) is 13.2. The molecule has 0 saturated heterocycles. The van der Waals surface area contributed by atoms with Gasteiger partial charge in [-0.3, -0.25) is 0 Å². The van der Waals surface area contributed by atoms with Crippen molar-refractivity contribution in [3.8, 4) is 0 Å². The summed E-state index contributed by atoms with van der Waals surface area (Å²) >= 11 is 0. The van der Waals surface area contributed by atoms with E-state index in [1.54, 1.807) is 19.9 Å². The minimum Gasteiger partial charge on any atom is -0.388 e. The Morgan fingerprint density at radius 3 is 2.10 bits per heavy atom. The predicted octanol–water partition coefficient (Wildman–Crippen LogP) is 1.29. The molecular formula is C13H23N3O3S. The number of hydrogen-bond donors (Lipinski definition) is 2. The van der Waals surface area contributed by atoms with Gasteiger partial charge in [0.15, 0.2) is 0 Å². The maximum absolute atomic E-state index is 11.9. The Kier molecular flexibility index (Phi) is 4.48. The first-order valence-electron chi connectivity index (χ1n) is 6.27. The Labute approximate surface area is 120 Å². The van der Waals surface area contributed by atoms with E-state index in [-0.39, 0.29) is 4.90 Å². The van der Waals surface area contributed by atoms with Crippen molar-refractivity contribution < 1.29 is 13.5 Å². The van der Waals surface area contributed by atoms with Crippen LogP contribution in [0.15, 0.2) is 23.2 Å². The fourth-order valence-corrected chi connectivity index (χ4v) is 2.14. The van der Waals surface area contributed by atoms with Crippen LogP contribution in [0.1, 0.15) is 27.7 Å². The third-order valence-electron chi connectivity index (χ3n) is 3.48. The van der Waals surface area contributed by atoms with Gasteiger partial charge in [-0.05, 0) is 39.8 Å². The van der Waals surface area contributed by atoms with E-state index in [0.29, 0.717) is 5.82 Å². The standard InChI is InChI=1S/C13H23N3O3S/c1-12(2,13(3,4)17)15-11-8-7-10(9-14-11)20(18,19)16(5)6/h7-9,17H,1-6H3,(H,14,15). The number of nitrogens with one attached hydrogen (secondary N) is 1. The molecule has 0 bridgehead atoms. The second-order valence-electron chi connectivity index (χ2n) is 5.98. The summed E-state index contributed by atoms with van der Waals surface area (Å²) in [5.74, 6) is 0.509. The average molecular weight is 301 g/mol. The highest BCUT2D eigenvalue weighted by atomic mass is 32.2. The van der Waals surface area contributed by atoms with Crippen molar-refractivity contribution in [3.63, 3.8) is 0 Å². The van der Waals surface area contributed by atoms with Gasteiger partial charge in [-0.1, -0.05) is 0 Å². The van der Waals surface area contributed by atoms with Crippen LogP contribution in [0.25, 0.3) is 0 Å². The van der Waals surface area contributed by atoms with Crippen LogP contribution in [0.5, 0.6) is 0 Å². The summed E-state index contributed by atoms with van der Waals surface area (Å²) < 4.78 is 25.0. The zero-order valence-electron chi connectivity index (χ0n) is 12.8. The van der Waals surface area contributed by atoms with E-state index in [4.69, 9.17) is 0 Å². The molecule has 0 unspecified atom stereocenters. The second kappa shape index (κ2) is 5.31. The third kappa shape index (κ3) is 3.47. The molecule has 0 aliphatic carbocycles. The monoisotopic (exact) mass is 301 g/mol. The van der Waals surface area contributed by atoms with Crippen molar-refractivity contribution in [2.45, 2.75) is 43.7 Å². The Bertz CT molecular complexity index is 558. The van der Waals surface area contributed by atoms with Crippen LogP contribution in [0.3, 0.4) is 0 Å². The van der Waals surface area contributed by atoms with Crippen molar-refractivity contribution in [2.24, 2.45) is 0 Å². The lowest BCUT2D eigenvalue weighted by Crippen LogP contribution is -2.51. The Morgan fingerprint density at radius 2 is 1.75 bits per heavy atom. The number of anilines is 1. The van der Waals surface area contributed by atoms with Crippen LogP contribution in [0, 0.1) is 0 Å². The van der Waals surface area contributed by atoms with Crippen molar-refractivity contribution in [1.82, 2.24) is 9.29 Å². The van der Waals surface area contributed by atoms with Crippen LogP contribution in [0.4, 0.5) is 5.82 Å². The first-order valence-corrected chi connectivity index (χ1v) is 7.71. The first kappa shape index (κ1) is 16.9. The normalized spacial score (nSPS) is 13.6. The number of aromatic nitrogens is 1. The second-order valence-corrected chi connectivity index (χ2v) is 8.13. The highest BCUT2D eigenvalue weighted by Crippen LogP contribution is 2.25. The molecule has 0 fully saturated rings. The molecule has 0 aliphatic rings. The Balaban J connectivity index is 3.00. The van der Waals surface area contributed by atoms with Crippen molar-refractivity contribution >= 4 is 15.8 Å². The first-order chi connectivity index (χ1) is 8.88. The van der Waals surface area contributed by atoms with Gasteiger partial charge in [-0.2, -0.15) is 0 Å². The van der Waals surface area contributed by atoms with Gasteiger partial charge in [0.2, 0.25) is 10.0 Å². The highest BCUT2D eigenvalue weighted by molar-refractivity contribution is 7.89. The Hall–Kier alpha value is -1.18. The smallest absolute Gasteiger partial charge is 0.244 e. The van der Waals surface area contributed by atoms with Crippen molar-refractivity contribution in [2.75, 3.05) is 19.4 Å². The number of sulfonamides is 1. The molecule has 0 spiro atoms. The van der Waals surface area contributed by atoms with Gasteiger partial charge in [-0.15, -0.1) is 0 Å². The molecule has 1 heterocycles. The van der Waals surface area contributed by atoms with Gasteiger partial charge in [0.05, 0.1) is 11.1 Å². The lowest BCUT2D eigenvalue weighted by Gasteiger charge is -2.38. The average Bonchev–Trinajstić information content (AvgIpc) is 2.27. The molecule has 7 heteroatoms. The quantitative estimate of drug-likeness (QED) is 0.856. The van der Waals surface area contributed by atoms with E-state index in [1.165, 1.54) is 26.4 Å². The third-order valence-corrected chi connectivity index (χ3v) is 5.28. The molecule has 0 aromatic carbocycles. The number of pyridine rings is 1. The molecule has 0 aliphatic heterocycles. The molecule has 0 atom stereocenters. The van der Waals surface area contributed by atoms with Crippen molar-refractivity contribution in [3.05, 3.63) is 18.3 Å². The molecule has 1 rings (SSSR count). The lowest BCUT2D eigenvalue weighted by molar-refractivity contribution is 0.0239. The van der Waals surface area contributed by atoms with Gasteiger partial charge in [-0.25, -0.2) is 17.7 Å². The summed E-state index contributed by atoms with van der Waals surface area (Å²) in [4.78, 5) is 4.23. The topological polar surface area (TPSA) is 82.5 Å². The van der Waals surface area contributed by atoms with E-state index >= 15 is 0 Å². The summed E-state index contributed by atoms with van der Waals surface area (Å²) in [6, 6.07) is 3.08. The molecule has 20 heavy (non-hydrogen) atoms. The van der Waals surface area contributed by atoms with E-state index in [9.17, 15) is 13.5 Å².